The van der Waals surface area contributed by atoms with E-state index in [2.05, 4.69) is 15.9 Å². The van der Waals surface area contributed by atoms with Crippen molar-refractivity contribution in [3.8, 4) is 0 Å². The summed E-state index contributed by atoms with van der Waals surface area (Å²) >= 11 is 3.08. The molecule has 1 rings (SSSR count). The summed E-state index contributed by atoms with van der Waals surface area (Å²) in [6.07, 6.45) is 0. The van der Waals surface area contributed by atoms with Crippen LogP contribution >= 0.6 is 15.9 Å². The van der Waals surface area contributed by atoms with Crippen LogP contribution in [0, 0.1) is 15.9 Å². The van der Waals surface area contributed by atoms with Gasteiger partial charge in [0.15, 0.2) is 0 Å². The van der Waals surface area contributed by atoms with Crippen LogP contribution in [0.15, 0.2) is 12.1 Å². The lowest BCUT2D eigenvalue weighted by atomic mass is 10.1. The van der Waals surface area contributed by atoms with Gasteiger partial charge in [0.05, 0.1) is 17.1 Å². The van der Waals surface area contributed by atoms with Gasteiger partial charge in [-0.3, -0.25) is 10.1 Å². The first-order valence-electron chi connectivity index (χ1n) is 4.71. The van der Waals surface area contributed by atoms with Crippen LogP contribution in [-0.4, -0.2) is 17.5 Å². The van der Waals surface area contributed by atoms with Gasteiger partial charge < -0.3 is 4.74 Å². The standard InChI is InChI=1S/C10H9BrFNO4/c1-2-17-10(14)7-4-9(13(15)16)8(12)3-6(7)5-11/h3-4H,2,5H2,1H3. The lowest BCUT2D eigenvalue weighted by Gasteiger charge is -2.07. The number of alkyl halides is 1. The second-order valence-electron chi connectivity index (χ2n) is 3.07. The van der Waals surface area contributed by atoms with Crippen molar-refractivity contribution in [3.05, 3.63) is 39.2 Å². The average Bonchev–Trinajstić information content (AvgIpc) is 2.28. The van der Waals surface area contributed by atoms with E-state index in [-0.39, 0.29) is 17.5 Å². The van der Waals surface area contributed by atoms with Crippen molar-refractivity contribution in [2.45, 2.75) is 12.3 Å². The van der Waals surface area contributed by atoms with Gasteiger partial charge in [-0.2, -0.15) is 4.39 Å². The molecule has 92 valence electrons. The first-order valence-corrected chi connectivity index (χ1v) is 5.83. The zero-order valence-corrected chi connectivity index (χ0v) is 10.5. The number of carbonyl (C=O) groups is 1. The smallest absolute Gasteiger partial charge is 0.338 e. The number of esters is 1. The van der Waals surface area contributed by atoms with Gasteiger partial charge in [0.25, 0.3) is 0 Å². The average molecular weight is 306 g/mol. The number of rotatable bonds is 4. The molecule has 0 fully saturated rings. The molecule has 0 unspecified atom stereocenters. The molecule has 0 bridgehead atoms. The van der Waals surface area contributed by atoms with E-state index in [4.69, 9.17) is 4.74 Å². The number of hydrogen-bond acceptors (Lipinski definition) is 4. The van der Waals surface area contributed by atoms with Crippen molar-refractivity contribution in [1.29, 1.82) is 0 Å². The van der Waals surface area contributed by atoms with E-state index in [0.29, 0.717) is 5.56 Å². The van der Waals surface area contributed by atoms with Crippen LogP contribution in [-0.2, 0) is 10.1 Å². The molecule has 0 atom stereocenters. The summed E-state index contributed by atoms with van der Waals surface area (Å²) < 4.78 is 18.0. The molecule has 0 radical (unpaired) electrons. The van der Waals surface area contributed by atoms with E-state index in [0.717, 1.165) is 12.1 Å². The molecule has 0 amide bonds. The minimum absolute atomic E-state index is 0.00294. The van der Waals surface area contributed by atoms with Crippen molar-refractivity contribution in [1.82, 2.24) is 0 Å². The third-order valence-electron chi connectivity index (χ3n) is 2.01. The SMILES string of the molecule is CCOC(=O)c1cc([N+](=O)[O-])c(F)cc1CBr. The molecule has 0 heterocycles. The van der Waals surface area contributed by atoms with Crippen LogP contribution in [0.3, 0.4) is 0 Å². The van der Waals surface area contributed by atoms with Crippen molar-refractivity contribution in [3.63, 3.8) is 0 Å². The van der Waals surface area contributed by atoms with Crippen LogP contribution in [0.1, 0.15) is 22.8 Å². The van der Waals surface area contributed by atoms with Crippen LogP contribution in [0.2, 0.25) is 0 Å². The molecule has 0 aliphatic rings. The van der Waals surface area contributed by atoms with Crippen LogP contribution in [0.5, 0.6) is 0 Å². The highest BCUT2D eigenvalue weighted by Gasteiger charge is 2.22. The van der Waals surface area contributed by atoms with Gasteiger partial charge in [0, 0.05) is 11.4 Å². The van der Waals surface area contributed by atoms with Crippen molar-refractivity contribution in [2.75, 3.05) is 6.61 Å². The van der Waals surface area contributed by atoms with Gasteiger partial charge in [0.1, 0.15) is 0 Å². The van der Waals surface area contributed by atoms with Gasteiger partial charge >= 0.3 is 11.7 Å². The molecule has 0 spiro atoms. The first-order chi connectivity index (χ1) is 8.01. The second kappa shape index (κ2) is 5.72. The molecule has 1 aromatic carbocycles. The normalized spacial score (nSPS) is 10.1. The predicted octanol–water partition coefficient (Wildman–Crippen LogP) is 2.81. The monoisotopic (exact) mass is 305 g/mol. The topological polar surface area (TPSA) is 69.4 Å². The van der Waals surface area contributed by atoms with Crippen LogP contribution in [0.25, 0.3) is 0 Å². The first kappa shape index (κ1) is 13.6. The maximum absolute atomic E-state index is 13.3. The highest BCUT2D eigenvalue weighted by atomic mass is 79.9. The van der Waals surface area contributed by atoms with E-state index >= 15 is 0 Å². The Balaban J connectivity index is 3.31. The zero-order valence-electron chi connectivity index (χ0n) is 8.91. The molecule has 0 N–H and O–H groups in total. The largest absolute Gasteiger partial charge is 0.462 e. The number of benzene rings is 1. The number of carbonyl (C=O) groups excluding carboxylic acids is 1. The Morgan fingerprint density at radius 1 is 1.59 bits per heavy atom. The second-order valence-corrected chi connectivity index (χ2v) is 3.63. The third-order valence-corrected chi connectivity index (χ3v) is 2.61. The minimum atomic E-state index is -0.975. The van der Waals surface area contributed by atoms with E-state index in [9.17, 15) is 19.3 Å². The third kappa shape index (κ3) is 3.00. The van der Waals surface area contributed by atoms with Gasteiger partial charge in [-0.05, 0) is 18.6 Å². The van der Waals surface area contributed by atoms with E-state index in [1.54, 1.807) is 6.92 Å². The molecule has 0 aliphatic carbocycles. The Kier molecular flexibility index (Phi) is 4.56. The quantitative estimate of drug-likeness (QED) is 0.371. The minimum Gasteiger partial charge on any atom is -0.462 e. The van der Waals surface area contributed by atoms with Crippen molar-refractivity contribution < 1.29 is 18.8 Å². The molecule has 1 aromatic rings. The maximum atomic E-state index is 13.3. The molecule has 7 heteroatoms. The summed E-state index contributed by atoms with van der Waals surface area (Å²) in [6.45, 7) is 1.76. The molecular formula is C10H9BrFNO4. The lowest BCUT2D eigenvalue weighted by Crippen LogP contribution is -2.09. The van der Waals surface area contributed by atoms with Crippen LogP contribution in [0.4, 0.5) is 10.1 Å². The Hall–Kier alpha value is -1.50. The number of ether oxygens (including phenoxy) is 1. The highest BCUT2D eigenvalue weighted by Crippen LogP contribution is 2.24. The van der Waals surface area contributed by atoms with E-state index in [1.807, 2.05) is 0 Å². The molecule has 5 nitrogen and oxygen atoms in total. The molecule has 0 saturated carbocycles. The molecule has 0 aliphatic heterocycles. The fourth-order valence-electron chi connectivity index (χ4n) is 1.25. The van der Waals surface area contributed by atoms with Gasteiger partial charge in [-0.15, -0.1) is 0 Å². The number of nitro groups is 1. The van der Waals surface area contributed by atoms with E-state index < -0.39 is 22.4 Å². The molecular weight excluding hydrogens is 297 g/mol. The molecule has 17 heavy (non-hydrogen) atoms. The molecule has 0 aromatic heterocycles. The Morgan fingerprint density at radius 3 is 2.71 bits per heavy atom. The number of halogens is 2. The number of hydrogen-bond donors (Lipinski definition) is 0. The zero-order chi connectivity index (χ0) is 13.0. The summed E-state index contributed by atoms with van der Waals surface area (Å²) in [7, 11) is 0. The summed E-state index contributed by atoms with van der Waals surface area (Å²) in [6, 6.07) is 1.85. The van der Waals surface area contributed by atoms with Gasteiger partial charge in [-0.1, -0.05) is 15.9 Å². The Bertz CT molecular complexity index is 464. The maximum Gasteiger partial charge on any atom is 0.338 e. The lowest BCUT2D eigenvalue weighted by molar-refractivity contribution is -0.387. The fourth-order valence-corrected chi connectivity index (χ4v) is 1.72. The fraction of sp³-hybridized carbons (Fsp3) is 0.300. The Morgan fingerprint density at radius 2 is 2.24 bits per heavy atom. The number of nitro benzene ring substituents is 1. The van der Waals surface area contributed by atoms with Gasteiger partial charge in [0.2, 0.25) is 5.82 Å². The predicted molar refractivity (Wildman–Crippen MR) is 61.6 cm³/mol. The van der Waals surface area contributed by atoms with Crippen molar-refractivity contribution in [2.24, 2.45) is 0 Å². The highest BCUT2D eigenvalue weighted by molar-refractivity contribution is 9.08. The van der Waals surface area contributed by atoms with Crippen molar-refractivity contribution >= 4 is 27.6 Å². The summed E-state index contributed by atoms with van der Waals surface area (Å²) in [5, 5.41) is 10.8. The summed E-state index contributed by atoms with van der Waals surface area (Å²) in [4.78, 5) is 21.2. The number of nitrogens with zero attached hydrogens (tertiary/aromatic N) is 1. The Labute approximate surface area is 105 Å². The summed E-state index contributed by atoms with van der Waals surface area (Å²) in [5.74, 6) is -1.68. The van der Waals surface area contributed by atoms with Gasteiger partial charge in [-0.25, -0.2) is 4.79 Å². The summed E-state index contributed by atoms with van der Waals surface area (Å²) in [5.41, 5.74) is -0.430. The molecule has 0 saturated heterocycles. The van der Waals surface area contributed by atoms with E-state index in [1.165, 1.54) is 0 Å². The van der Waals surface area contributed by atoms with Crippen LogP contribution < -0.4 is 0 Å².